The van der Waals surface area contributed by atoms with Crippen molar-refractivity contribution in [1.29, 1.82) is 0 Å². The minimum absolute atomic E-state index is 0.166. The van der Waals surface area contributed by atoms with Gasteiger partial charge in [-0.1, -0.05) is 36.8 Å². The van der Waals surface area contributed by atoms with Gasteiger partial charge in [0.15, 0.2) is 0 Å². The number of carbonyl (C=O) groups is 1. The van der Waals surface area contributed by atoms with Crippen LogP contribution in [0.2, 0.25) is 0 Å². The van der Waals surface area contributed by atoms with E-state index in [0.29, 0.717) is 13.0 Å². The molecule has 2 aliphatic rings. The van der Waals surface area contributed by atoms with Crippen LogP contribution in [-0.2, 0) is 24.2 Å². The number of amides is 1. The Balaban J connectivity index is 1.43. The molecule has 0 aliphatic carbocycles. The lowest BCUT2D eigenvalue weighted by atomic mass is 9.98. The summed E-state index contributed by atoms with van der Waals surface area (Å²) in [6.07, 6.45) is 9.19. The lowest BCUT2D eigenvalue weighted by molar-refractivity contribution is -0.118. The Bertz CT molecular complexity index is 1100. The second kappa shape index (κ2) is 9.79. The zero-order valence-corrected chi connectivity index (χ0v) is 19.3. The molecule has 1 aromatic carbocycles. The Morgan fingerprint density at radius 3 is 2.61 bits per heavy atom. The van der Waals surface area contributed by atoms with Gasteiger partial charge in [0, 0.05) is 43.2 Å². The van der Waals surface area contributed by atoms with Gasteiger partial charge in [0.05, 0.1) is 6.04 Å². The van der Waals surface area contributed by atoms with Crippen LogP contribution in [0.25, 0.3) is 0 Å². The average molecular weight is 442 g/mol. The molecule has 2 aliphatic heterocycles. The number of carbonyl (C=O) groups excluding carboxylic acids is 1. The Labute approximate surface area is 195 Å². The molecule has 6 heteroatoms. The number of hydrogen-bond acceptors (Lipinski definition) is 5. The maximum absolute atomic E-state index is 12.9. The van der Waals surface area contributed by atoms with E-state index >= 15 is 0 Å². The highest BCUT2D eigenvalue weighted by molar-refractivity contribution is 5.95. The number of fused-ring (bicyclic) bond motifs is 1. The van der Waals surface area contributed by atoms with Crippen LogP contribution in [0.1, 0.15) is 59.9 Å². The molecule has 0 spiro atoms. The normalized spacial score (nSPS) is 18.9. The fourth-order valence-electron chi connectivity index (χ4n) is 5.06. The predicted molar refractivity (Wildman–Crippen MR) is 129 cm³/mol. The molecule has 1 amide bonds. The zero-order chi connectivity index (χ0) is 22.6. The molecule has 2 aromatic heterocycles. The van der Waals surface area contributed by atoms with Crippen molar-refractivity contribution in [2.75, 3.05) is 18.0 Å². The number of hydrogen-bond donors (Lipinski definition) is 0. The van der Waals surface area contributed by atoms with E-state index in [2.05, 4.69) is 41.1 Å². The molecule has 170 valence electrons. The Hall–Kier alpha value is -3.12. The van der Waals surface area contributed by atoms with Crippen LogP contribution in [-0.4, -0.2) is 38.8 Å². The van der Waals surface area contributed by atoms with Crippen LogP contribution in [0.3, 0.4) is 0 Å². The highest BCUT2D eigenvalue weighted by atomic mass is 16.2. The molecule has 1 fully saturated rings. The summed E-state index contributed by atoms with van der Waals surface area (Å²) in [6.45, 7) is 4.62. The summed E-state index contributed by atoms with van der Waals surface area (Å²) in [6, 6.07) is 14.7. The first-order valence-electron chi connectivity index (χ1n) is 12.0. The fraction of sp³-hybridized carbons (Fsp3) is 0.407. The number of nitrogens with zero attached hydrogens (tertiary/aromatic N) is 5. The zero-order valence-electron chi connectivity index (χ0n) is 19.3. The third-order valence-electron chi connectivity index (χ3n) is 6.87. The van der Waals surface area contributed by atoms with Crippen LogP contribution in [0.5, 0.6) is 0 Å². The summed E-state index contributed by atoms with van der Waals surface area (Å²) in [5.74, 6) is 1.86. The van der Waals surface area contributed by atoms with Gasteiger partial charge < -0.3 is 0 Å². The number of aromatic nitrogens is 3. The number of anilines is 1. The Morgan fingerprint density at radius 1 is 0.970 bits per heavy atom. The molecule has 6 nitrogen and oxygen atoms in total. The standard InChI is InChI=1S/C27H31N5O/c1-20-23-10-11-25(33)32(18-14-21-7-3-2-4-8-21)27(23)30-26(29-20)24-9-5-6-17-31(24)19-22-12-15-28-16-13-22/h2-4,7-8,12-13,15-16,24H,5-6,9-11,14,17-19H2,1H3/t24-/m1/s1. The first-order chi connectivity index (χ1) is 16.2. The molecule has 4 heterocycles. The molecule has 1 saturated heterocycles. The molecule has 0 radical (unpaired) electrons. The van der Waals surface area contributed by atoms with Crippen molar-refractivity contribution < 1.29 is 4.79 Å². The van der Waals surface area contributed by atoms with E-state index in [9.17, 15) is 4.79 Å². The number of likely N-dealkylation sites (tertiary alicyclic amines) is 1. The topological polar surface area (TPSA) is 62.2 Å². The first kappa shape index (κ1) is 21.7. The lowest BCUT2D eigenvalue weighted by Crippen LogP contribution is -2.39. The van der Waals surface area contributed by atoms with Crippen molar-refractivity contribution in [3.05, 3.63) is 83.1 Å². The first-order valence-corrected chi connectivity index (χ1v) is 12.0. The quantitative estimate of drug-likeness (QED) is 0.566. The van der Waals surface area contributed by atoms with Gasteiger partial charge in [-0.15, -0.1) is 0 Å². The molecular formula is C27H31N5O. The SMILES string of the molecule is Cc1nc([C@H]2CCCCN2Cc2ccncc2)nc2c1CCC(=O)N2CCc1ccccc1. The van der Waals surface area contributed by atoms with Gasteiger partial charge in [0.25, 0.3) is 0 Å². The van der Waals surface area contributed by atoms with Crippen molar-refractivity contribution in [2.24, 2.45) is 0 Å². The summed E-state index contributed by atoms with van der Waals surface area (Å²) in [7, 11) is 0. The van der Waals surface area contributed by atoms with Crippen LogP contribution >= 0.6 is 0 Å². The third-order valence-corrected chi connectivity index (χ3v) is 6.87. The van der Waals surface area contributed by atoms with E-state index < -0.39 is 0 Å². The number of aryl methyl sites for hydroxylation is 1. The number of rotatable bonds is 6. The van der Waals surface area contributed by atoms with Gasteiger partial charge in [-0.2, -0.15) is 0 Å². The highest BCUT2D eigenvalue weighted by Crippen LogP contribution is 2.34. The monoisotopic (exact) mass is 441 g/mol. The van der Waals surface area contributed by atoms with Crippen molar-refractivity contribution >= 4 is 11.7 Å². The van der Waals surface area contributed by atoms with Crippen LogP contribution in [0, 0.1) is 6.92 Å². The van der Waals surface area contributed by atoms with Crippen molar-refractivity contribution in [2.45, 2.75) is 58.0 Å². The van der Waals surface area contributed by atoms with Crippen LogP contribution in [0.15, 0.2) is 54.9 Å². The van der Waals surface area contributed by atoms with E-state index in [-0.39, 0.29) is 11.9 Å². The summed E-state index contributed by atoms with van der Waals surface area (Å²) in [5, 5.41) is 0. The second-order valence-corrected chi connectivity index (χ2v) is 9.09. The molecule has 3 aromatic rings. The van der Waals surface area contributed by atoms with E-state index in [1.54, 1.807) is 0 Å². The third kappa shape index (κ3) is 4.81. The lowest BCUT2D eigenvalue weighted by Gasteiger charge is -2.36. The van der Waals surface area contributed by atoms with Crippen LogP contribution in [0.4, 0.5) is 5.82 Å². The van der Waals surface area contributed by atoms with E-state index in [0.717, 1.165) is 55.3 Å². The molecule has 1 atom stereocenters. The summed E-state index contributed by atoms with van der Waals surface area (Å²) in [5.41, 5.74) is 4.63. The number of pyridine rings is 1. The molecule has 0 N–H and O–H groups in total. The van der Waals surface area contributed by atoms with Gasteiger partial charge in [0.2, 0.25) is 5.91 Å². The average Bonchev–Trinajstić information content (AvgIpc) is 2.85. The van der Waals surface area contributed by atoms with Gasteiger partial charge in [0.1, 0.15) is 11.6 Å². The largest absolute Gasteiger partial charge is 0.296 e. The molecule has 33 heavy (non-hydrogen) atoms. The van der Waals surface area contributed by atoms with Crippen molar-refractivity contribution in [3.63, 3.8) is 0 Å². The summed E-state index contributed by atoms with van der Waals surface area (Å²) >= 11 is 0. The fourth-order valence-corrected chi connectivity index (χ4v) is 5.06. The van der Waals surface area contributed by atoms with E-state index in [1.807, 2.05) is 35.5 Å². The van der Waals surface area contributed by atoms with Crippen molar-refractivity contribution in [3.8, 4) is 0 Å². The van der Waals surface area contributed by atoms with E-state index in [1.165, 1.54) is 24.0 Å². The van der Waals surface area contributed by atoms with Gasteiger partial charge in [-0.3, -0.25) is 19.6 Å². The molecule has 0 saturated carbocycles. The molecular weight excluding hydrogens is 410 g/mol. The molecule has 0 unspecified atom stereocenters. The van der Waals surface area contributed by atoms with Crippen LogP contribution < -0.4 is 4.90 Å². The Kier molecular flexibility index (Phi) is 6.44. The second-order valence-electron chi connectivity index (χ2n) is 9.09. The van der Waals surface area contributed by atoms with Gasteiger partial charge >= 0.3 is 0 Å². The summed E-state index contributed by atoms with van der Waals surface area (Å²) in [4.78, 5) is 31.5. The molecule has 0 bridgehead atoms. The van der Waals surface area contributed by atoms with E-state index in [4.69, 9.17) is 9.97 Å². The minimum atomic E-state index is 0.166. The maximum Gasteiger partial charge on any atom is 0.228 e. The predicted octanol–water partition coefficient (Wildman–Crippen LogP) is 4.43. The maximum atomic E-state index is 12.9. The van der Waals surface area contributed by atoms with Gasteiger partial charge in [-0.05, 0) is 62.4 Å². The number of piperidine rings is 1. The highest BCUT2D eigenvalue weighted by Gasteiger charge is 2.32. The van der Waals surface area contributed by atoms with Crippen molar-refractivity contribution in [1.82, 2.24) is 19.9 Å². The number of benzene rings is 1. The minimum Gasteiger partial charge on any atom is -0.296 e. The van der Waals surface area contributed by atoms with Gasteiger partial charge in [-0.25, -0.2) is 9.97 Å². The molecule has 5 rings (SSSR count). The Morgan fingerprint density at radius 2 is 1.79 bits per heavy atom. The summed E-state index contributed by atoms with van der Waals surface area (Å²) < 4.78 is 0. The smallest absolute Gasteiger partial charge is 0.228 e.